The number of hydrogen-bond acceptors (Lipinski definition) is 5. The Balaban J connectivity index is 1.85. The van der Waals surface area contributed by atoms with Crippen LogP contribution in [0, 0.1) is 6.92 Å². The Morgan fingerprint density at radius 1 is 1.41 bits per heavy atom. The monoisotopic (exact) mass is 366 g/mol. The van der Waals surface area contributed by atoms with Gasteiger partial charge >= 0.3 is 5.97 Å². The molecule has 6 nitrogen and oxygen atoms in total. The van der Waals surface area contributed by atoms with Crippen LogP contribution < -0.4 is 5.32 Å². The first-order valence-corrected chi connectivity index (χ1v) is 7.41. The van der Waals surface area contributed by atoms with Crippen molar-refractivity contribution in [3.8, 4) is 0 Å². The van der Waals surface area contributed by atoms with Gasteiger partial charge in [0.25, 0.3) is 5.91 Å². The predicted octanol–water partition coefficient (Wildman–Crippen LogP) is 2.78. The lowest BCUT2D eigenvalue weighted by Gasteiger charge is -2.15. The molecule has 7 heteroatoms. The quantitative estimate of drug-likeness (QED) is 0.822. The van der Waals surface area contributed by atoms with Crippen molar-refractivity contribution in [2.45, 2.75) is 19.9 Å². The molecule has 0 radical (unpaired) electrons. The Hall–Kier alpha value is -2.15. The predicted molar refractivity (Wildman–Crippen MR) is 82.2 cm³/mol. The number of aromatic nitrogens is 1. The van der Waals surface area contributed by atoms with E-state index < -0.39 is 11.9 Å². The molecule has 1 amide bonds. The van der Waals surface area contributed by atoms with Crippen molar-refractivity contribution in [1.29, 1.82) is 0 Å². The minimum atomic E-state index is -0.718. The number of carbonyl (C=O) groups excluding carboxylic acids is 2. The van der Waals surface area contributed by atoms with Gasteiger partial charge in [-0.05, 0) is 25.5 Å². The second kappa shape index (κ2) is 7.22. The molecule has 2 rings (SSSR count). The number of ether oxygens (including phenoxy) is 1. The van der Waals surface area contributed by atoms with Crippen molar-refractivity contribution in [3.63, 3.8) is 0 Å². The van der Waals surface area contributed by atoms with E-state index in [9.17, 15) is 9.59 Å². The summed E-state index contributed by atoms with van der Waals surface area (Å²) in [5.41, 5.74) is 1.51. The molecule has 2 aromatic rings. The molecule has 1 atom stereocenters. The van der Waals surface area contributed by atoms with Crippen LogP contribution in [0.4, 0.5) is 0 Å². The fourth-order valence-electron chi connectivity index (χ4n) is 1.85. The zero-order valence-corrected chi connectivity index (χ0v) is 13.7. The lowest BCUT2D eigenvalue weighted by molar-refractivity contribution is -0.124. The van der Waals surface area contributed by atoms with Crippen LogP contribution >= 0.6 is 15.9 Å². The number of nitrogens with zero attached hydrogens (tertiary/aromatic N) is 1. The minimum absolute atomic E-state index is 0.0239. The summed E-state index contributed by atoms with van der Waals surface area (Å²) < 4.78 is 10.5. The van der Waals surface area contributed by atoms with Gasteiger partial charge in [0.15, 0.2) is 6.61 Å². The van der Waals surface area contributed by atoms with Crippen molar-refractivity contribution in [2.75, 3.05) is 6.61 Å². The molecule has 0 saturated carbocycles. The van der Waals surface area contributed by atoms with E-state index in [-0.39, 0.29) is 18.4 Å². The maximum atomic E-state index is 11.8. The van der Waals surface area contributed by atoms with Crippen LogP contribution in [0.3, 0.4) is 0 Å². The fourth-order valence-corrected chi connectivity index (χ4v) is 2.48. The van der Waals surface area contributed by atoms with Crippen molar-refractivity contribution in [1.82, 2.24) is 10.5 Å². The third kappa shape index (κ3) is 4.17. The highest BCUT2D eigenvalue weighted by Crippen LogP contribution is 2.22. The molecule has 1 N–H and O–H groups in total. The number of amides is 1. The smallest absolute Gasteiger partial charge is 0.377 e. The lowest BCUT2D eigenvalue weighted by Crippen LogP contribution is -2.31. The highest BCUT2D eigenvalue weighted by Gasteiger charge is 2.17. The first-order chi connectivity index (χ1) is 10.5. The van der Waals surface area contributed by atoms with Crippen LogP contribution in [-0.2, 0) is 9.53 Å². The third-order valence-corrected chi connectivity index (χ3v) is 3.63. The Bertz CT molecular complexity index is 684. The summed E-state index contributed by atoms with van der Waals surface area (Å²) in [6.45, 7) is 3.15. The topological polar surface area (TPSA) is 81.4 Å². The van der Waals surface area contributed by atoms with Crippen molar-refractivity contribution in [3.05, 3.63) is 51.8 Å². The van der Waals surface area contributed by atoms with Gasteiger partial charge in [-0.25, -0.2) is 4.79 Å². The Morgan fingerprint density at radius 3 is 2.77 bits per heavy atom. The molecule has 0 bridgehead atoms. The van der Waals surface area contributed by atoms with Crippen LogP contribution in [0.2, 0.25) is 0 Å². The molecule has 22 heavy (non-hydrogen) atoms. The molecule has 116 valence electrons. The van der Waals surface area contributed by atoms with Crippen molar-refractivity contribution < 1.29 is 18.8 Å². The molecule has 0 fully saturated rings. The van der Waals surface area contributed by atoms with Gasteiger partial charge in [-0.2, -0.15) is 0 Å². The van der Waals surface area contributed by atoms with Gasteiger partial charge in [0, 0.05) is 10.5 Å². The van der Waals surface area contributed by atoms with Crippen LogP contribution in [0.5, 0.6) is 0 Å². The highest BCUT2D eigenvalue weighted by molar-refractivity contribution is 9.10. The molecular formula is C15H15BrN2O4. The summed E-state index contributed by atoms with van der Waals surface area (Å²) in [5.74, 6) is -1.14. The number of benzene rings is 1. The standard InChI is InChI=1S/C15H15BrN2O4/c1-9-7-13(22-18-9)15(20)21-8-14(19)17-10(2)11-5-3-4-6-12(11)16/h3-7,10H,8H2,1-2H3,(H,17,19)/t10-/m0/s1. The summed E-state index contributed by atoms with van der Waals surface area (Å²) in [4.78, 5) is 23.5. The normalized spacial score (nSPS) is 11.8. The molecule has 0 aliphatic heterocycles. The first kappa shape index (κ1) is 16.2. The van der Waals surface area contributed by atoms with Crippen LogP contribution in [0.1, 0.15) is 34.8 Å². The second-order valence-electron chi connectivity index (χ2n) is 4.72. The van der Waals surface area contributed by atoms with Gasteiger partial charge in [0.05, 0.1) is 11.7 Å². The van der Waals surface area contributed by atoms with E-state index in [0.29, 0.717) is 5.69 Å². The maximum absolute atomic E-state index is 11.8. The number of halogens is 1. The van der Waals surface area contributed by atoms with Gasteiger partial charge in [-0.3, -0.25) is 4.79 Å². The maximum Gasteiger partial charge on any atom is 0.377 e. The van der Waals surface area contributed by atoms with Gasteiger partial charge in [-0.1, -0.05) is 39.3 Å². The lowest BCUT2D eigenvalue weighted by atomic mass is 10.1. The Morgan fingerprint density at radius 2 is 2.14 bits per heavy atom. The number of rotatable bonds is 5. The van der Waals surface area contributed by atoms with E-state index in [1.807, 2.05) is 31.2 Å². The summed E-state index contributed by atoms with van der Waals surface area (Å²) >= 11 is 3.43. The van der Waals surface area contributed by atoms with Gasteiger partial charge < -0.3 is 14.6 Å². The molecule has 1 aromatic carbocycles. The molecule has 1 aromatic heterocycles. The average Bonchev–Trinajstić information content (AvgIpc) is 2.91. The highest BCUT2D eigenvalue weighted by atomic mass is 79.9. The SMILES string of the molecule is Cc1cc(C(=O)OCC(=O)N[C@@H](C)c2ccccc2Br)on1. The molecule has 0 unspecified atom stereocenters. The Kier molecular flexibility index (Phi) is 5.32. The van der Waals surface area contributed by atoms with Gasteiger partial charge in [0.1, 0.15) is 0 Å². The zero-order valence-electron chi connectivity index (χ0n) is 12.1. The summed E-state index contributed by atoms with van der Waals surface area (Å²) in [6, 6.07) is 8.81. The number of esters is 1. The number of carbonyl (C=O) groups is 2. The second-order valence-corrected chi connectivity index (χ2v) is 5.57. The average molecular weight is 367 g/mol. The molecule has 0 spiro atoms. The molecule has 0 aliphatic carbocycles. The summed E-state index contributed by atoms with van der Waals surface area (Å²) in [7, 11) is 0. The number of hydrogen-bond donors (Lipinski definition) is 1. The van der Waals surface area contributed by atoms with E-state index in [1.54, 1.807) is 6.92 Å². The van der Waals surface area contributed by atoms with Crippen molar-refractivity contribution in [2.24, 2.45) is 0 Å². The Labute approximate surface area is 135 Å². The molecule has 0 saturated heterocycles. The van der Waals surface area contributed by atoms with Crippen molar-refractivity contribution >= 4 is 27.8 Å². The minimum Gasteiger partial charge on any atom is -0.450 e. The van der Waals surface area contributed by atoms with Gasteiger partial charge in [-0.15, -0.1) is 0 Å². The van der Waals surface area contributed by atoms with E-state index >= 15 is 0 Å². The van der Waals surface area contributed by atoms with E-state index in [0.717, 1.165) is 10.0 Å². The molecular weight excluding hydrogens is 352 g/mol. The third-order valence-electron chi connectivity index (χ3n) is 2.91. The van der Waals surface area contributed by atoms with Crippen LogP contribution in [0.15, 0.2) is 39.3 Å². The fraction of sp³-hybridized carbons (Fsp3) is 0.267. The summed E-state index contributed by atoms with van der Waals surface area (Å²) in [5, 5.41) is 6.34. The molecule has 1 heterocycles. The number of aryl methyl sites for hydroxylation is 1. The summed E-state index contributed by atoms with van der Waals surface area (Å²) in [6.07, 6.45) is 0. The number of nitrogens with one attached hydrogen (secondary N) is 1. The largest absolute Gasteiger partial charge is 0.450 e. The van der Waals surface area contributed by atoms with E-state index in [1.165, 1.54) is 6.07 Å². The first-order valence-electron chi connectivity index (χ1n) is 6.61. The molecule has 0 aliphatic rings. The van der Waals surface area contributed by atoms with Gasteiger partial charge in [0.2, 0.25) is 5.76 Å². The van der Waals surface area contributed by atoms with Crippen LogP contribution in [-0.4, -0.2) is 23.6 Å². The van der Waals surface area contributed by atoms with E-state index in [4.69, 9.17) is 9.26 Å². The van der Waals surface area contributed by atoms with Crippen LogP contribution in [0.25, 0.3) is 0 Å². The van der Waals surface area contributed by atoms with E-state index in [2.05, 4.69) is 26.4 Å². The zero-order chi connectivity index (χ0) is 16.1.